The Balaban J connectivity index is 2.19. The number of methoxy groups -OCH3 is 1. The number of rotatable bonds is 6. The Hall–Kier alpha value is -2.28. The predicted octanol–water partition coefficient (Wildman–Crippen LogP) is 3.60. The first-order valence-corrected chi connectivity index (χ1v) is 7.75. The van der Waals surface area contributed by atoms with Crippen LogP contribution < -0.4 is 14.9 Å². The second-order valence-corrected chi connectivity index (χ2v) is 5.39. The summed E-state index contributed by atoms with van der Waals surface area (Å²) in [5.74, 6) is 1.26. The van der Waals surface area contributed by atoms with Crippen molar-refractivity contribution in [2.24, 2.45) is 5.10 Å². The van der Waals surface area contributed by atoms with Crippen molar-refractivity contribution in [1.82, 2.24) is 5.43 Å². The van der Waals surface area contributed by atoms with Crippen molar-refractivity contribution in [2.75, 3.05) is 13.7 Å². The minimum Gasteiger partial charge on any atom is -0.493 e. The van der Waals surface area contributed by atoms with Crippen molar-refractivity contribution in [1.29, 1.82) is 0 Å². The van der Waals surface area contributed by atoms with Gasteiger partial charge in [-0.05, 0) is 54.0 Å². The van der Waals surface area contributed by atoms with E-state index in [2.05, 4.69) is 26.5 Å². The fourth-order valence-electron chi connectivity index (χ4n) is 1.87. The van der Waals surface area contributed by atoms with Gasteiger partial charge in [0.2, 0.25) is 0 Å². The lowest BCUT2D eigenvalue weighted by atomic mass is 10.2. The number of carbonyl (C=O) groups is 1. The number of carbonyl (C=O) groups excluding carboxylic acids is 1. The first kappa shape index (κ1) is 17.1. The largest absolute Gasteiger partial charge is 0.493 e. The lowest BCUT2D eigenvalue weighted by molar-refractivity contribution is 0.0954. The van der Waals surface area contributed by atoms with E-state index in [1.807, 2.05) is 6.92 Å². The molecule has 0 saturated carbocycles. The molecular formula is C16H17BrN2O4. The third-order valence-corrected chi connectivity index (χ3v) is 3.57. The number of hydrazone groups is 1. The monoisotopic (exact) mass is 380 g/mol. The standard InChI is InChI=1S/C16H17BrN2O4/c1-4-22-15-12(17)8-11(9-14(15)21-3)16(20)19-18-10(2)13-6-5-7-23-13/h5-9H,4H2,1-3H3,(H,19,20)/b18-10-. The van der Waals surface area contributed by atoms with Crippen molar-refractivity contribution in [3.63, 3.8) is 0 Å². The molecule has 2 aromatic rings. The van der Waals surface area contributed by atoms with Crippen LogP contribution in [0.15, 0.2) is 44.5 Å². The molecule has 1 aromatic carbocycles. The molecule has 0 unspecified atom stereocenters. The number of benzene rings is 1. The molecule has 1 heterocycles. The van der Waals surface area contributed by atoms with Crippen LogP contribution in [0, 0.1) is 0 Å². The van der Waals surface area contributed by atoms with Crippen LogP contribution in [0.4, 0.5) is 0 Å². The van der Waals surface area contributed by atoms with Gasteiger partial charge in [-0.2, -0.15) is 5.10 Å². The Labute approximate surface area is 142 Å². The minimum absolute atomic E-state index is 0.363. The first-order chi connectivity index (χ1) is 11.1. The number of nitrogens with one attached hydrogen (secondary N) is 1. The summed E-state index contributed by atoms with van der Waals surface area (Å²) in [6.45, 7) is 4.11. The van der Waals surface area contributed by atoms with Crippen LogP contribution in [-0.4, -0.2) is 25.3 Å². The molecule has 0 radical (unpaired) electrons. The van der Waals surface area contributed by atoms with Gasteiger partial charge in [0.1, 0.15) is 11.5 Å². The van der Waals surface area contributed by atoms with Crippen molar-refractivity contribution in [3.05, 3.63) is 46.3 Å². The zero-order valence-electron chi connectivity index (χ0n) is 13.1. The molecule has 0 aliphatic heterocycles. The molecule has 0 fully saturated rings. The van der Waals surface area contributed by atoms with Crippen LogP contribution >= 0.6 is 15.9 Å². The van der Waals surface area contributed by atoms with E-state index in [4.69, 9.17) is 13.9 Å². The van der Waals surface area contributed by atoms with E-state index in [1.165, 1.54) is 7.11 Å². The molecule has 1 amide bonds. The van der Waals surface area contributed by atoms with Crippen LogP contribution in [0.3, 0.4) is 0 Å². The van der Waals surface area contributed by atoms with Crippen LogP contribution in [-0.2, 0) is 0 Å². The molecule has 0 aliphatic carbocycles. The van der Waals surface area contributed by atoms with Crippen molar-refractivity contribution in [3.8, 4) is 11.5 Å². The molecule has 0 saturated heterocycles. The molecule has 6 nitrogen and oxygen atoms in total. The van der Waals surface area contributed by atoms with Gasteiger partial charge in [0.05, 0.1) is 24.5 Å². The summed E-state index contributed by atoms with van der Waals surface area (Å²) < 4.78 is 16.6. The van der Waals surface area contributed by atoms with E-state index < -0.39 is 0 Å². The molecule has 0 bridgehead atoms. The molecule has 0 aliphatic rings. The first-order valence-electron chi connectivity index (χ1n) is 6.95. The zero-order valence-corrected chi connectivity index (χ0v) is 14.6. The lowest BCUT2D eigenvalue weighted by Gasteiger charge is -2.12. The molecule has 0 atom stereocenters. The number of hydrogen-bond donors (Lipinski definition) is 1. The van der Waals surface area contributed by atoms with Crippen molar-refractivity contribution >= 4 is 27.5 Å². The number of hydrogen-bond acceptors (Lipinski definition) is 5. The second kappa shape index (κ2) is 7.82. The summed E-state index contributed by atoms with van der Waals surface area (Å²) in [6.07, 6.45) is 1.55. The van der Waals surface area contributed by atoms with E-state index in [9.17, 15) is 4.79 Å². The molecule has 122 valence electrons. The zero-order chi connectivity index (χ0) is 16.8. The highest BCUT2D eigenvalue weighted by atomic mass is 79.9. The molecule has 1 aromatic heterocycles. The SMILES string of the molecule is CCOc1c(Br)cc(C(=O)N/N=C(/C)c2ccco2)cc1OC. The fourth-order valence-corrected chi connectivity index (χ4v) is 2.43. The number of ether oxygens (including phenoxy) is 2. The van der Waals surface area contributed by atoms with E-state index >= 15 is 0 Å². The van der Waals surface area contributed by atoms with Crippen LogP contribution in [0.25, 0.3) is 0 Å². The number of nitrogens with zero attached hydrogens (tertiary/aromatic N) is 1. The Morgan fingerprint density at radius 3 is 2.83 bits per heavy atom. The lowest BCUT2D eigenvalue weighted by Crippen LogP contribution is -2.19. The van der Waals surface area contributed by atoms with Crippen LogP contribution in [0.5, 0.6) is 11.5 Å². The van der Waals surface area contributed by atoms with Gasteiger partial charge < -0.3 is 13.9 Å². The summed E-state index contributed by atoms with van der Waals surface area (Å²) in [6, 6.07) is 6.77. The van der Waals surface area contributed by atoms with Gasteiger partial charge >= 0.3 is 0 Å². The molecule has 0 spiro atoms. The van der Waals surface area contributed by atoms with E-state index in [0.717, 1.165) is 0 Å². The van der Waals surface area contributed by atoms with Gasteiger partial charge in [0, 0.05) is 5.56 Å². The molecule has 2 rings (SSSR count). The average molecular weight is 381 g/mol. The normalized spacial score (nSPS) is 11.2. The fraction of sp³-hybridized carbons (Fsp3) is 0.250. The van der Waals surface area contributed by atoms with Gasteiger partial charge in [0.15, 0.2) is 11.5 Å². The summed E-state index contributed by atoms with van der Waals surface area (Å²) in [7, 11) is 1.52. The predicted molar refractivity (Wildman–Crippen MR) is 90.2 cm³/mol. The number of amides is 1. The quantitative estimate of drug-likeness (QED) is 0.613. The average Bonchev–Trinajstić information content (AvgIpc) is 3.08. The number of halogens is 1. The van der Waals surface area contributed by atoms with E-state index in [1.54, 1.807) is 37.5 Å². The highest BCUT2D eigenvalue weighted by molar-refractivity contribution is 9.10. The van der Waals surface area contributed by atoms with E-state index in [0.29, 0.717) is 39.6 Å². The maximum absolute atomic E-state index is 12.2. The molecule has 1 N–H and O–H groups in total. The summed E-state index contributed by atoms with van der Waals surface area (Å²) in [4.78, 5) is 12.2. The maximum Gasteiger partial charge on any atom is 0.271 e. The summed E-state index contributed by atoms with van der Waals surface area (Å²) in [5.41, 5.74) is 3.46. The Morgan fingerprint density at radius 1 is 1.43 bits per heavy atom. The van der Waals surface area contributed by atoms with Crippen molar-refractivity contribution in [2.45, 2.75) is 13.8 Å². The molecule has 23 heavy (non-hydrogen) atoms. The topological polar surface area (TPSA) is 73.1 Å². The molecular weight excluding hydrogens is 364 g/mol. The van der Waals surface area contributed by atoms with Gasteiger partial charge in [-0.3, -0.25) is 4.79 Å². The highest BCUT2D eigenvalue weighted by Crippen LogP contribution is 2.36. The van der Waals surface area contributed by atoms with Gasteiger partial charge in [-0.25, -0.2) is 5.43 Å². The highest BCUT2D eigenvalue weighted by Gasteiger charge is 2.15. The summed E-state index contributed by atoms with van der Waals surface area (Å²) >= 11 is 3.38. The Kier molecular flexibility index (Phi) is 5.81. The van der Waals surface area contributed by atoms with Crippen LogP contribution in [0.1, 0.15) is 30.0 Å². The third kappa shape index (κ3) is 4.13. The van der Waals surface area contributed by atoms with Gasteiger partial charge in [-0.1, -0.05) is 0 Å². The summed E-state index contributed by atoms with van der Waals surface area (Å²) in [5, 5.41) is 4.02. The van der Waals surface area contributed by atoms with E-state index in [-0.39, 0.29) is 5.91 Å². The van der Waals surface area contributed by atoms with Crippen molar-refractivity contribution < 1.29 is 18.7 Å². The van der Waals surface area contributed by atoms with Gasteiger partial charge in [-0.15, -0.1) is 0 Å². The second-order valence-electron chi connectivity index (χ2n) is 4.54. The number of furan rings is 1. The minimum atomic E-state index is -0.363. The molecule has 7 heteroatoms. The Bertz CT molecular complexity index is 711. The Morgan fingerprint density at radius 2 is 2.22 bits per heavy atom. The van der Waals surface area contributed by atoms with Gasteiger partial charge in [0.25, 0.3) is 5.91 Å². The van der Waals surface area contributed by atoms with Crippen LogP contribution in [0.2, 0.25) is 0 Å². The third-order valence-electron chi connectivity index (χ3n) is 2.98. The maximum atomic E-state index is 12.2. The smallest absolute Gasteiger partial charge is 0.271 e.